The first kappa shape index (κ1) is 18.6. The number of hydrogen-bond donors (Lipinski definition) is 2. The molecule has 0 aromatic heterocycles. The molecule has 25 heavy (non-hydrogen) atoms. The van der Waals surface area contributed by atoms with Gasteiger partial charge in [-0.05, 0) is 42.8 Å². The van der Waals surface area contributed by atoms with Gasteiger partial charge in [-0.25, -0.2) is 13.2 Å². The molecule has 0 aliphatic heterocycles. The van der Waals surface area contributed by atoms with E-state index in [4.69, 9.17) is 4.74 Å². The Morgan fingerprint density at radius 1 is 1.00 bits per heavy atom. The fourth-order valence-corrected chi connectivity index (χ4v) is 2.19. The number of hydrogen-bond acceptors (Lipinski definition) is 2. The lowest BCUT2D eigenvalue weighted by Gasteiger charge is -2.13. The summed E-state index contributed by atoms with van der Waals surface area (Å²) in [5.41, 5.74) is 0.885. The molecule has 7 heteroatoms. The predicted octanol–water partition coefficient (Wildman–Crippen LogP) is 3.37. The van der Waals surface area contributed by atoms with Gasteiger partial charge in [0.15, 0.2) is 17.5 Å². The van der Waals surface area contributed by atoms with E-state index in [0.717, 1.165) is 18.2 Å². The van der Waals surface area contributed by atoms with Crippen LogP contribution in [0.2, 0.25) is 0 Å². The number of benzene rings is 2. The van der Waals surface area contributed by atoms with Crippen molar-refractivity contribution >= 4 is 5.96 Å². The fourth-order valence-electron chi connectivity index (χ4n) is 2.19. The number of rotatable bonds is 6. The first-order valence-corrected chi connectivity index (χ1v) is 7.83. The quantitative estimate of drug-likeness (QED) is 0.620. The summed E-state index contributed by atoms with van der Waals surface area (Å²) >= 11 is 0. The van der Waals surface area contributed by atoms with Gasteiger partial charge in [0.2, 0.25) is 0 Å². The lowest BCUT2D eigenvalue weighted by molar-refractivity contribution is 0.321. The second kappa shape index (κ2) is 8.96. The van der Waals surface area contributed by atoms with Gasteiger partial charge in [-0.15, -0.1) is 0 Å². The normalized spacial score (nSPS) is 11.3. The summed E-state index contributed by atoms with van der Waals surface area (Å²) in [6.45, 7) is 2.56. The minimum Gasteiger partial charge on any atom is -0.491 e. The van der Waals surface area contributed by atoms with Crippen LogP contribution < -0.4 is 15.4 Å². The minimum absolute atomic E-state index is 0.0703. The molecule has 0 aliphatic carbocycles. The van der Waals surface area contributed by atoms with Crippen molar-refractivity contribution in [1.82, 2.24) is 10.6 Å². The summed E-state index contributed by atoms with van der Waals surface area (Å²) in [5, 5.41) is 5.87. The van der Waals surface area contributed by atoms with Crippen molar-refractivity contribution in [2.24, 2.45) is 4.99 Å². The summed E-state index contributed by atoms with van der Waals surface area (Å²) in [6, 6.07) is 7.93. The number of aliphatic imine (C=N–C) groups is 1. The van der Waals surface area contributed by atoms with Gasteiger partial charge in [0, 0.05) is 25.7 Å². The van der Waals surface area contributed by atoms with Crippen LogP contribution in [0.15, 0.2) is 41.4 Å². The van der Waals surface area contributed by atoms with Gasteiger partial charge in [-0.2, -0.15) is 0 Å². The van der Waals surface area contributed by atoms with Crippen LogP contribution in [0.5, 0.6) is 5.75 Å². The van der Waals surface area contributed by atoms with E-state index in [9.17, 15) is 13.2 Å². The number of nitrogens with one attached hydrogen (secondary N) is 2. The number of halogens is 3. The lowest BCUT2D eigenvalue weighted by Crippen LogP contribution is -2.36. The number of ether oxygens (including phenoxy) is 1. The maximum absolute atomic E-state index is 13.8. The highest BCUT2D eigenvalue weighted by Crippen LogP contribution is 2.18. The summed E-state index contributed by atoms with van der Waals surface area (Å²) in [7, 11) is 1.55. The van der Waals surface area contributed by atoms with Gasteiger partial charge >= 0.3 is 0 Å². The third kappa shape index (κ3) is 5.41. The molecule has 0 amide bonds. The summed E-state index contributed by atoms with van der Waals surface area (Å²) in [5.74, 6) is -0.858. The molecule has 134 valence electrons. The molecule has 0 saturated heterocycles. The molecule has 4 nitrogen and oxygen atoms in total. The highest BCUT2D eigenvalue weighted by molar-refractivity contribution is 5.79. The van der Waals surface area contributed by atoms with Crippen LogP contribution >= 0.6 is 0 Å². The van der Waals surface area contributed by atoms with Crippen LogP contribution in [-0.2, 0) is 13.1 Å². The second-order valence-electron chi connectivity index (χ2n) is 5.21. The largest absolute Gasteiger partial charge is 0.491 e. The van der Waals surface area contributed by atoms with Crippen LogP contribution in [-0.4, -0.2) is 19.6 Å². The van der Waals surface area contributed by atoms with Crippen LogP contribution in [0.4, 0.5) is 13.2 Å². The molecule has 0 fully saturated rings. The third-order valence-corrected chi connectivity index (χ3v) is 3.43. The van der Waals surface area contributed by atoms with Gasteiger partial charge in [0.05, 0.1) is 6.61 Å². The van der Waals surface area contributed by atoms with Crippen LogP contribution in [0.25, 0.3) is 0 Å². The highest BCUT2D eigenvalue weighted by Gasteiger charge is 2.07. The van der Waals surface area contributed by atoms with Crippen molar-refractivity contribution in [3.8, 4) is 5.75 Å². The summed E-state index contributed by atoms with van der Waals surface area (Å²) in [4.78, 5) is 4.00. The third-order valence-electron chi connectivity index (χ3n) is 3.43. The van der Waals surface area contributed by atoms with Gasteiger partial charge in [-0.3, -0.25) is 4.99 Å². The van der Waals surface area contributed by atoms with E-state index in [1.54, 1.807) is 26.1 Å². The van der Waals surface area contributed by atoms with E-state index >= 15 is 0 Å². The zero-order chi connectivity index (χ0) is 18.2. The molecule has 0 aliphatic rings. The van der Waals surface area contributed by atoms with Crippen molar-refractivity contribution in [2.75, 3.05) is 13.7 Å². The SMILES string of the molecule is CCOc1ccc(CNC(=NC)NCc2cc(F)ccc2F)cc1F. The van der Waals surface area contributed by atoms with E-state index in [1.165, 1.54) is 6.07 Å². The highest BCUT2D eigenvalue weighted by atomic mass is 19.1. The molecule has 2 N–H and O–H groups in total. The monoisotopic (exact) mass is 351 g/mol. The smallest absolute Gasteiger partial charge is 0.191 e. The fraction of sp³-hybridized carbons (Fsp3) is 0.278. The van der Waals surface area contributed by atoms with E-state index in [1.807, 2.05) is 0 Å². The van der Waals surface area contributed by atoms with Crippen molar-refractivity contribution < 1.29 is 17.9 Å². The first-order valence-electron chi connectivity index (χ1n) is 7.83. The Labute approximate surface area is 144 Å². The van der Waals surface area contributed by atoms with E-state index in [2.05, 4.69) is 15.6 Å². The average molecular weight is 351 g/mol. The Morgan fingerprint density at radius 3 is 2.44 bits per heavy atom. The van der Waals surface area contributed by atoms with Crippen molar-refractivity contribution in [1.29, 1.82) is 0 Å². The maximum Gasteiger partial charge on any atom is 0.191 e. The van der Waals surface area contributed by atoms with Crippen LogP contribution in [0.1, 0.15) is 18.1 Å². The van der Waals surface area contributed by atoms with Gasteiger partial charge in [0.1, 0.15) is 11.6 Å². The Bertz CT molecular complexity index is 750. The Kier molecular flexibility index (Phi) is 6.68. The van der Waals surface area contributed by atoms with Gasteiger partial charge < -0.3 is 15.4 Å². The zero-order valence-electron chi connectivity index (χ0n) is 14.1. The van der Waals surface area contributed by atoms with E-state index in [0.29, 0.717) is 24.7 Å². The first-order chi connectivity index (χ1) is 12.0. The van der Waals surface area contributed by atoms with Gasteiger partial charge in [0.25, 0.3) is 0 Å². The number of nitrogens with zero attached hydrogens (tertiary/aromatic N) is 1. The van der Waals surface area contributed by atoms with Crippen molar-refractivity contribution in [2.45, 2.75) is 20.0 Å². The molecule has 0 atom stereocenters. The molecule has 0 bridgehead atoms. The molecular weight excluding hydrogens is 331 g/mol. The Hall–Kier alpha value is -2.70. The number of guanidine groups is 1. The molecule has 0 heterocycles. The Morgan fingerprint density at radius 2 is 1.76 bits per heavy atom. The molecule has 0 radical (unpaired) electrons. The van der Waals surface area contributed by atoms with Crippen molar-refractivity contribution in [3.63, 3.8) is 0 Å². The molecule has 2 rings (SSSR count). The molecule has 0 saturated carbocycles. The Balaban J connectivity index is 1.92. The zero-order valence-corrected chi connectivity index (χ0v) is 14.1. The standard InChI is InChI=1S/C18H20F3N3O/c1-3-25-17-7-4-12(8-16(17)21)10-23-18(22-2)24-11-13-9-14(19)5-6-15(13)20/h4-9H,3,10-11H2,1-2H3,(H2,22,23,24). The minimum atomic E-state index is -0.508. The topological polar surface area (TPSA) is 45.6 Å². The molecule has 0 unspecified atom stereocenters. The van der Waals surface area contributed by atoms with Gasteiger partial charge in [-0.1, -0.05) is 6.07 Å². The van der Waals surface area contributed by atoms with Crippen LogP contribution in [0, 0.1) is 17.5 Å². The maximum atomic E-state index is 13.8. The van der Waals surface area contributed by atoms with E-state index < -0.39 is 17.5 Å². The molecule has 0 spiro atoms. The van der Waals surface area contributed by atoms with Crippen LogP contribution in [0.3, 0.4) is 0 Å². The average Bonchev–Trinajstić information content (AvgIpc) is 2.60. The summed E-state index contributed by atoms with van der Waals surface area (Å²) < 4.78 is 45.7. The lowest BCUT2D eigenvalue weighted by atomic mass is 10.2. The van der Waals surface area contributed by atoms with E-state index in [-0.39, 0.29) is 17.9 Å². The predicted molar refractivity (Wildman–Crippen MR) is 91.0 cm³/mol. The summed E-state index contributed by atoms with van der Waals surface area (Å²) in [6.07, 6.45) is 0. The second-order valence-corrected chi connectivity index (χ2v) is 5.21. The molecule has 2 aromatic rings. The van der Waals surface area contributed by atoms with Crippen molar-refractivity contribution in [3.05, 3.63) is 65.0 Å². The molecule has 2 aromatic carbocycles. The molecular formula is C18H20F3N3O.